The second-order valence-electron chi connectivity index (χ2n) is 21.0. The van der Waals surface area contributed by atoms with Crippen LogP contribution in [0.5, 0.6) is 5.75 Å². The molecule has 4 amide bonds. The number of carbonyl (C=O) groups excluding carboxylic acids is 5. The van der Waals surface area contributed by atoms with Crippen LogP contribution in [-0.2, 0) is 51.2 Å². The third-order valence-electron chi connectivity index (χ3n) is 14.6. The van der Waals surface area contributed by atoms with E-state index < -0.39 is 96.6 Å². The average Bonchev–Trinajstić information content (AvgIpc) is 3.89. The summed E-state index contributed by atoms with van der Waals surface area (Å²) in [6, 6.07) is 11.5. The van der Waals surface area contributed by atoms with Gasteiger partial charge < -0.3 is 70.8 Å². The van der Waals surface area contributed by atoms with Crippen molar-refractivity contribution >= 4 is 58.6 Å². The molecule has 3 heterocycles. The highest BCUT2D eigenvalue weighted by molar-refractivity contribution is 7.09. The molecule has 1 aromatic heterocycles. The van der Waals surface area contributed by atoms with Gasteiger partial charge >= 0.3 is 17.9 Å². The molecule has 1 unspecified atom stereocenters. The summed E-state index contributed by atoms with van der Waals surface area (Å²) in [5.41, 5.74) is 7.41. The van der Waals surface area contributed by atoms with Gasteiger partial charge in [0.05, 0.1) is 25.2 Å². The van der Waals surface area contributed by atoms with Crippen LogP contribution in [0.4, 0.5) is 5.69 Å². The van der Waals surface area contributed by atoms with Crippen molar-refractivity contribution in [2.24, 2.45) is 23.5 Å². The molecule has 0 bridgehead atoms. The number of amides is 4. The zero-order valence-electron chi connectivity index (χ0n) is 45.1. The van der Waals surface area contributed by atoms with Gasteiger partial charge in [0.1, 0.15) is 47.3 Å². The van der Waals surface area contributed by atoms with Crippen LogP contribution in [0.15, 0.2) is 53.9 Å². The van der Waals surface area contributed by atoms with Gasteiger partial charge in [-0.2, -0.15) is 0 Å². The molecule has 3 aromatic rings. The quantitative estimate of drug-likeness (QED) is 0.0411. The summed E-state index contributed by atoms with van der Waals surface area (Å²) in [7, 11) is 3.60. The Labute approximate surface area is 453 Å². The Hall–Kier alpha value is -6.08. The van der Waals surface area contributed by atoms with E-state index in [1.165, 1.54) is 13.0 Å². The molecule has 5 rings (SSSR count). The number of aliphatic hydroxyl groups is 3. The molecule has 2 aliphatic rings. The highest BCUT2D eigenvalue weighted by atomic mass is 32.1. The van der Waals surface area contributed by atoms with E-state index in [9.17, 15) is 59.1 Å². The van der Waals surface area contributed by atoms with E-state index in [2.05, 4.69) is 20.9 Å². The Morgan fingerprint density at radius 1 is 0.935 bits per heavy atom. The first kappa shape index (κ1) is 61.8. The van der Waals surface area contributed by atoms with E-state index in [1.807, 2.05) is 65.1 Å². The number of carbonyl (C=O) groups is 7. The number of quaternary nitrogens is 1. The molecule has 0 radical (unpaired) electrons. The summed E-state index contributed by atoms with van der Waals surface area (Å²) in [5.74, 6) is -6.13. The number of aromatic nitrogens is 1. The summed E-state index contributed by atoms with van der Waals surface area (Å²) in [4.78, 5) is 98.6. The van der Waals surface area contributed by atoms with Crippen LogP contribution in [0, 0.1) is 17.8 Å². The van der Waals surface area contributed by atoms with E-state index >= 15 is 0 Å². The number of carboxylic acid groups (broad SMARTS) is 2. The second kappa shape index (κ2) is 28.0. The van der Waals surface area contributed by atoms with Gasteiger partial charge in [-0.05, 0) is 61.3 Å². The Balaban J connectivity index is 1.35. The van der Waals surface area contributed by atoms with E-state index in [0.29, 0.717) is 36.4 Å². The fourth-order valence-corrected chi connectivity index (χ4v) is 10.9. The lowest BCUT2D eigenvalue weighted by Crippen LogP contribution is -2.63. The third-order valence-corrected chi connectivity index (χ3v) is 15.6. The van der Waals surface area contributed by atoms with Crippen molar-refractivity contribution in [1.29, 1.82) is 0 Å². The van der Waals surface area contributed by atoms with Crippen molar-refractivity contribution < 1.29 is 77.8 Å². The van der Waals surface area contributed by atoms with Gasteiger partial charge in [-0.1, -0.05) is 71.4 Å². The molecule has 2 aliphatic heterocycles. The molecular weight excluding hydrogens is 1020 g/mol. The number of ether oxygens (including phenoxy) is 3. The number of hydrogen-bond acceptors (Lipinski definition) is 16. The van der Waals surface area contributed by atoms with Gasteiger partial charge in [-0.25, -0.2) is 9.78 Å². The van der Waals surface area contributed by atoms with E-state index in [1.54, 1.807) is 36.4 Å². The number of benzene rings is 2. The fraction of sp³-hybridized carbons (Fsp3) is 0.593. The third kappa shape index (κ3) is 16.5. The van der Waals surface area contributed by atoms with Crippen LogP contribution < -0.4 is 26.4 Å². The number of anilines is 1. The lowest BCUT2D eigenvalue weighted by atomic mass is 9.92. The zero-order chi connectivity index (χ0) is 56.9. The Morgan fingerprint density at radius 3 is 2.26 bits per heavy atom. The number of thiazole rings is 1. The summed E-state index contributed by atoms with van der Waals surface area (Å²) < 4.78 is 17.3. The molecule has 2 fully saturated rings. The normalized spacial score (nSPS) is 23.8. The number of likely N-dealkylation sites (tertiary alicyclic amines) is 1. The number of likely N-dealkylation sites (N-methyl/N-ethyl adjacent to an activating group) is 2. The first-order valence-corrected chi connectivity index (χ1v) is 27.1. The average molecular weight is 1100 g/mol. The molecule has 10 N–H and O–H groups in total. The standard InChI is InChI=1S/C54H77N7O15S/c1-9-30(4)43(51(69)60(7)38(29(2)3)26-41(74-32(6)62)50-58-37(28-77-50)48(67)56-35(23-31(5)52(70)71)24-33-15-11-10-12-16-33)59-49(68)39-17-13-14-22-61(39,8)27-34-18-19-40(36(25-34)57-42(63)20-21-55)75-54-46(66)44(64)45(65)47(76-54)53(72)73/h10-12,15-16,18-19,25,28-31,35,38-39,41,43-47,54,64-66H,9,13-14,17,20-24,26-27,55H2,1-8H3,(H4-,56,57,59,63,67,68,70,71,72,73)/p+1/t30-,31-,35+,38+,39+,41+,43-,44+,45-,46-,47-,54+,61?/m0/s1. The number of nitrogens with one attached hydrogen (secondary N) is 3. The van der Waals surface area contributed by atoms with Crippen molar-refractivity contribution in [3.8, 4) is 5.75 Å². The maximum Gasteiger partial charge on any atom is 0.335 e. The summed E-state index contributed by atoms with van der Waals surface area (Å²) in [5, 5.41) is 61.2. The van der Waals surface area contributed by atoms with Crippen LogP contribution in [0.25, 0.3) is 0 Å². The number of piperidine rings is 1. The van der Waals surface area contributed by atoms with Crippen molar-refractivity contribution in [3.63, 3.8) is 0 Å². The number of aliphatic hydroxyl groups excluding tert-OH is 3. The molecule has 22 nitrogen and oxygen atoms in total. The van der Waals surface area contributed by atoms with Gasteiger partial charge in [0.25, 0.3) is 11.8 Å². The van der Waals surface area contributed by atoms with Gasteiger partial charge in [-0.15, -0.1) is 11.3 Å². The van der Waals surface area contributed by atoms with Gasteiger partial charge in [-0.3, -0.25) is 28.8 Å². The fourth-order valence-electron chi connectivity index (χ4n) is 10.0. The van der Waals surface area contributed by atoms with Crippen molar-refractivity contribution in [1.82, 2.24) is 20.5 Å². The molecule has 23 heteroatoms. The van der Waals surface area contributed by atoms with Gasteiger partial charge in [0.2, 0.25) is 18.1 Å². The number of rotatable bonds is 26. The molecule has 13 atom stereocenters. The first-order valence-electron chi connectivity index (χ1n) is 26.2. The number of nitrogens with two attached hydrogens (primary N) is 1. The van der Waals surface area contributed by atoms with Crippen molar-refractivity contribution in [2.75, 3.05) is 32.5 Å². The molecular formula is C54H78N7O15S+. The van der Waals surface area contributed by atoms with Crippen molar-refractivity contribution in [3.05, 3.63) is 75.7 Å². The number of nitrogens with zero attached hydrogens (tertiary/aromatic N) is 3. The van der Waals surface area contributed by atoms with Crippen LogP contribution in [-0.4, -0.2) is 163 Å². The largest absolute Gasteiger partial charge is 0.481 e. The molecule has 2 aromatic carbocycles. The molecule has 77 heavy (non-hydrogen) atoms. The Morgan fingerprint density at radius 2 is 1.64 bits per heavy atom. The van der Waals surface area contributed by atoms with Gasteiger partial charge in [0, 0.05) is 62.8 Å². The van der Waals surface area contributed by atoms with Crippen molar-refractivity contribution in [2.45, 2.75) is 160 Å². The predicted octanol–water partition coefficient (Wildman–Crippen LogP) is 3.36. The minimum absolute atomic E-state index is 0.0249. The SMILES string of the molecule is CC[C@H](C)[C@H](NC(=O)[C@H]1CCCC[N+]1(C)Cc1ccc(O[C@@H]2O[C@H](C(=O)O)[C@@H](O)[C@@H](O)[C@@H]2O)c(NC(=O)CCN)c1)C(=O)N(C)[C@H](C[C@@H](OC(C)=O)c1nc(C(=O)N[C@@H](Cc2ccccc2)C[C@H](C)C(=O)O)cs1)C(C)C. The lowest BCUT2D eigenvalue weighted by Gasteiger charge is -2.44. The number of carboxylic acids is 2. The first-order chi connectivity index (χ1) is 36.4. The summed E-state index contributed by atoms with van der Waals surface area (Å²) in [6.07, 6.45) is -7.18. The maximum absolute atomic E-state index is 14.9. The Bertz CT molecular complexity index is 2520. The summed E-state index contributed by atoms with van der Waals surface area (Å²) in [6.45, 7) is 11.4. The molecule has 0 saturated carbocycles. The van der Waals surface area contributed by atoms with Crippen LogP contribution in [0.1, 0.15) is 119 Å². The highest BCUT2D eigenvalue weighted by Gasteiger charge is 2.49. The highest BCUT2D eigenvalue weighted by Crippen LogP contribution is 2.35. The minimum atomic E-state index is -1.95. The van der Waals surface area contributed by atoms with Crippen LogP contribution >= 0.6 is 11.3 Å². The van der Waals surface area contributed by atoms with Crippen LogP contribution in [0.2, 0.25) is 0 Å². The molecule has 0 spiro atoms. The van der Waals surface area contributed by atoms with E-state index in [0.717, 1.165) is 29.7 Å². The van der Waals surface area contributed by atoms with E-state index in [4.69, 9.17) is 19.9 Å². The number of esters is 1. The lowest BCUT2D eigenvalue weighted by molar-refractivity contribution is -0.942. The van der Waals surface area contributed by atoms with Gasteiger partial charge in [0.15, 0.2) is 18.2 Å². The molecule has 0 aliphatic carbocycles. The Kier molecular flexibility index (Phi) is 22.5. The predicted molar refractivity (Wildman–Crippen MR) is 283 cm³/mol. The summed E-state index contributed by atoms with van der Waals surface area (Å²) >= 11 is 1.12. The maximum atomic E-state index is 14.9. The minimum Gasteiger partial charge on any atom is -0.481 e. The topological polar surface area (TPSA) is 327 Å². The smallest absolute Gasteiger partial charge is 0.335 e. The molecule has 424 valence electrons. The second-order valence-corrected chi connectivity index (χ2v) is 21.9. The van der Waals surface area contributed by atoms with Crippen LogP contribution in [0.3, 0.4) is 0 Å². The molecule has 2 saturated heterocycles. The monoisotopic (exact) mass is 1100 g/mol. The number of aliphatic carboxylic acids is 2. The zero-order valence-corrected chi connectivity index (χ0v) is 45.9. The van der Waals surface area contributed by atoms with E-state index in [-0.39, 0.29) is 77.6 Å². The number of hydrogen-bond donors (Lipinski definition) is 9.